The standard InChI is InChI=1S/C19H28N2/c1-12(2)9-14-11-18-19(17(20-14)10-13(3)4)15-7-5-6-8-16(15)21-18/h5-8,12-14,17,20-21H,9-11H2,1-4H3/t14-,17+/m1/s1. The largest absolute Gasteiger partial charge is 0.358 e. The number of para-hydroxylation sites is 1. The van der Waals surface area contributed by atoms with Crippen LogP contribution < -0.4 is 5.32 Å². The zero-order chi connectivity index (χ0) is 15.0. The normalized spacial score (nSPS) is 22.2. The number of hydrogen-bond acceptors (Lipinski definition) is 1. The lowest BCUT2D eigenvalue weighted by molar-refractivity contribution is 0.319. The van der Waals surface area contributed by atoms with Crippen molar-refractivity contribution in [3.8, 4) is 0 Å². The van der Waals surface area contributed by atoms with Gasteiger partial charge in [0, 0.05) is 35.1 Å². The minimum Gasteiger partial charge on any atom is -0.358 e. The van der Waals surface area contributed by atoms with Gasteiger partial charge in [-0.25, -0.2) is 0 Å². The van der Waals surface area contributed by atoms with Gasteiger partial charge in [-0.3, -0.25) is 0 Å². The average molecular weight is 284 g/mol. The summed E-state index contributed by atoms with van der Waals surface area (Å²) in [5, 5.41) is 5.34. The molecule has 2 heterocycles. The number of H-pyrrole nitrogens is 1. The number of aromatic amines is 1. The Morgan fingerprint density at radius 1 is 1.05 bits per heavy atom. The van der Waals surface area contributed by atoms with Crippen LogP contribution in [0.25, 0.3) is 10.9 Å². The van der Waals surface area contributed by atoms with Gasteiger partial charge in [0.15, 0.2) is 0 Å². The maximum absolute atomic E-state index is 3.93. The van der Waals surface area contributed by atoms with Crippen LogP contribution >= 0.6 is 0 Å². The summed E-state index contributed by atoms with van der Waals surface area (Å²) in [7, 11) is 0. The molecule has 0 spiro atoms. The number of hydrogen-bond donors (Lipinski definition) is 2. The number of rotatable bonds is 4. The molecule has 3 rings (SSSR count). The first-order chi connectivity index (χ1) is 10.0. The van der Waals surface area contributed by atoms with Crippen molar-refractivity contribution in [2.75, 3.05) is 0 Å². The highest BCUT2D eigenvalue weighted by atomic mass is 15.0. The van der Waals surface area contributed by atoms with Crippen molar-refractivity contribution in [1.82, 2.24) is 10.3 Å². The fourth-order valence-electron chi connectivity index (χ4n) is 3.83. The van der Waals surface area contributed by atoms with Crippen LogP contribution in [-0.2, 0) is 6.42 Å². The molecule has 1 aromatic carbocycles. The van der Waals surface area contributed by atoms with E-state index in [-0.39, 0.29) is 0 Å². The Bertz CT molecular complexity index is 609. The van der Waals surface area contributed by atoms with E-state index < -0.39 is 0 Å². The molecule has 0 aliphatic carbocycles. The predicted octanol–water partition coefficient (Wildman–Crippen LogP) is 4.82. The molecule has 0 saturated heterocycles. The Hall–Kier alpha value is -1.28. The molecule has 0 amide bonds. The maximum atomic E-state index is 3.93. The van der Waals surface area contributed by atoms with Crippen LogP contribution in [0.5, 0.6) is 0 Å². The van der Waals surface area contributed by atoms with E-state index in [1.807, 2.05) is 0 Å². The number of nitrogens with one attached hydrogen (secondary N) is 2. The molecule has 1 aliphatic heterocycles. The molecule has 0 bridgehead atoms. The summed E-state index contributed by atoms with van der Waals surface area (Å²) in [5.74, 6) is 1.45. The van der Waals surface area contributed by atoms with E-state index in [0.29, 0.717) is 18.0 Å². The van der Waals surface area contributed by atoms with Gasteiger partial charge in [-0.15, -0.1) is 0 Å². The first-order valence-electron chi connectivity index (χ1n) is 8.40. The van der Waals surface area contributed by atoms with Crippen molar-refractivity contribution in [3.05, 3.63) is 35.5 Å². The lowest BCUT2D eigenvalue weighted by Gasteiger charge is -2.33. The van der Waals surface area contributed by atoms with E-state index in [4.69, 9.17) is 0 Å². The van der Waals surface area contributed by atoms with Crippen LogP contribution in [0.15, 0.2) is 24.3 Å². The second-order valence-corrected chi connectivity index (χ2v) is 7.44. The minimum atomic E-state index is 0.494. The third kappa shape index (κ3) is 3.01. The Morgan fingerprint density at radius 3 is 2.48 bits per heavy atom. The zero-order valence-electron chi connectivity index (χ0n) is 13.7. The highest BCUT2D eigenvalue weighted by Gasteiger charge is 2.30. The number of fused-ring (bicyclic) bond motifs is 3. The highest BCUT2D eigenvalue weighted by molar-refractivity contribution is 5.85. The van der Waals surface area contributed by atoms with Gasteiger partial charge in [0.1, 0.15) is 0 Å². The summed E-state index contributed by atoms with van der Waals surface area (Å²) in [4.78, 5) is 3.68. The summed E-state index contributed by atoms with van der Waals surface area (Å²) in [6, 6.07) is 9.85. The molecule has 1 aromatic heterocycles. The molecule has 2 N–H and O–H groups in total. The average Bonchev–Trinajstić information content (AvgIpc) is 2.75. The van der Waals surface area contributed by atoms with Gasteiger partial charge < -0.3 is 10.3 Å². The summed E-state index contributed by atoms with van der Waals surface area (Å²) >= 11 is 0. The van der Waals surface area contributed by atoms with E-state index >= 15 is 0 Å². The van der Waals surface area contributed by atoms with Gasteiger partial charge in [-0.05, 0) is 36.3 Å². The van der Waals surface area contributed by atoms with E-state index in [2.05, 4.69) is 62.3 Å². The highest BCUT2D eigenvalue weighted by Crippen LogP contribution is 2.36. The summed E-state index contributed by atoms with van der Waals surface area (Å²) in [6.45, 7) is 9.28. The van der Waals surface area contributed by atoms with Crippen LogP contribution in [-0.4, -0.2) is 11.0 Å². The Balaban J connectivity index is 1.99. The van der Waals surface area contributed by atoms with Gasteiger partial charge in [0.25, 0.3) is 0 Å². The monoisotopic (exact) mass is 284 g/mol. The Kier molecular flexibility index (Phi) is 4.08. The Morgan fingerprint density at radius 2 is 1.76 bits per heavy atom. The minimum absolute atomic E-state index is 0.494. The van der Waals surface area contributed by atoms with Crippen molar-refractivity contribution < 1.29 is 0 Å². The van der Waals surface area contributed by atoms with Crippen molar-refractivity contribution in [2.24, 2.45) is 11.8 Å². The predicted molar refractivity (Wildman–Crippen MR) is 90.6 cm³/mol. The molecule has 114 valence electrons. The van der Waals surface area contributed by atoms with Crippen LogP contribution in [0.1, 0.15) is 57.8 Å². The fourth-order valence-corrected chi connectivity index (χ4v) is 3.83. The lowest BCUT2D eigenvalue weighted by Crippen LogP contribution is -2.40. The van der Waals surface area contributed by atoms with Crippen LogP contribution in [0.2, 0.25) is 0 Å². The first kappa shape index (κ1) is 14.6. The van der Waals surface area contributed by atoms with Gasteiger partial charge in [0.05, 0.1) is 0 Å². The maximum Gasteiger partial charge on any atom is 0.0459 e. The molecule has 0 saturated carbocycles. The molecule has 0 fully saturated rings. The molecule has 0 radical (unpaired) electrons. The van der Waals surface area contributed by atoms with Gasteiger partial charge in [-0.1, -0.05) is 45.9 Å². The smallest absolute Gasteiger partial charge is 0.0459 e. The van der Waals surface area contributed by atoms with Crippen molar-refractivity contribution in [2.45, 2.75) is 59.0 Å². The van der Waals surface area contributed by atoms with Crippen molar-refractivity contribution in [1.29, 1.82) is 0 Å². The fraction of sp³-hybridized carbons (Fsp3) is 0.579. The lowest BCUT2D eigenvalue weighted by atomic mass is 9.86. The van der Waals surface area contributed by atoms with Crippen LogP contribution in [0.3, 0.4) is 0 Å². The van der Waals surface area contributed by atoms with Gasteiger partial charge in [-0.2, -0.15) is 0 Å². The summed E-state index contributed by atoms with van der Waals surface area (Å²) in [6.07, 6.45) is 3.60. The zero-order valence-corrected chi connectivity index (χ0v) is 13.7. The van der Waals surface area contributed by atoms with Crippen LogP contribution in [0, 0.1) is 11.8 Å². The summed E-state index contributed by atoms with van der Waals surface area (Å²) in [5.41, 5.74) is 4.29. The number of benzene rings is 1. The van der Waals surface area contributed by atoms with E-state index in [1.165, 1.54) is 35.0 Å². The van der Waals surface area contributed by atoms with Gasteiger partial charge >= 0.3 is 0 Å². The molecule has 21 heavy (non-hydrogen) atoms. The number of aromatic nitrogens is 1. The first-order valence-corrected chi connectivity index (χ1v) is 8.40. The molecule has 2 atom stereocenters. The van der Waals surface area contributed by atoms with E-state index in [9.17, 15) is 0 Å². The van der Waals surface area contributed by atoms with Gasteiger partial charge in [0.2, 0.25) is 0 Å². The third-order valence-electron chi connectivity index (χ3n) is 4.53. The SMILES string of the molecule is CC(C)C[C@@H]1Cc2[nH]c3ccccc3c2[C@H](CC(C)C)N1. The molecule has 2 nitrogen and oxygen atoms in total. The molecule has 2 aromatic rings. The second-order valence-electron chi connectivity index (χ2n) is 7.44. The molecular weight excluding hydrogens is 256 g/mol. The molecule has 2 heteroatoms. The molecule has 1 aliphatic rings. The molecule has 0 unspecified atom stereocenters. The van der Waals surface area contributed by atoms with Crippen molar-refractivity contribution >= 4 is 10.9 Å². The van der Waals surface area contributed by atoms with Crippen molar-refractivity contribution in [3.63, 3.8) is 0 Å². The van der Waals surface area contributed by atoms with Crippen LogP contribution in [0.4, 0.5) is 0 Å². The molecular formula is C19H28N2. The topological polar surface area (TPSA) is 27.8 Å². The second kappa shape index (κ2) is 5.84. The quantitative estimate of drug-likeness (QED) is 0.828. The van der Waals surface area contributed by atoms with E-state index in [0.717, 1.165) is 12.3 Å². The third-order valence-corrected chi connectivity index (χ3v) is 4.53. The van der Waals surface area contributed by atoms with E-state index in [1.54, 1.807) is 0 Å². The Labute approximate surface area is 128 Å². The summed E-state index contributed by atoms with van der Waals surface area (Å²) < 4.78 is 0.